The first-order valence-electron chi connectivity index (χ1n) is 9.80. The molecule has 0 bridgehead atoms. The second-order valence-electron chi connectivity index (χ2n) is 7.80. The number of hydrogen-bond acceptors (Lipinski definition) is 5. The van der Waals surface area contributed by atoms with Crippen LogP contribution in [0.5, 0.6) is 0 Å². The zero-order chi connectivity index (χ0) is 19.6. The molecule has 3 heterocycles. The molecule has 0 aliphatic carbocycles. The second kappa shape index (κ2) is 7.88. The van der Waals surface area contributed by atoms with Gasteiger partial charge in [-0.2, -0.15) is 0 Å². The summed E-state index contributed by atoms with van der Waals surface area (Å²) >= 11 is 0. The zero-order valence-corrected chi connectivity index (χ0v) is 16.7. The number of H-pyrrole nitrogens is 1. The quantitative estimate of drug-likeness (QED) is 0.776. The molecule has 27 heavy (non-hydrogen) atoms. The predicted octanol–water partition coefficient (Wildman–Crippen LogP) is 1.49. The lowest BCUT2D eigenvalue weighted by Gasteiger charge is -2.50. The Labute approximate surface area is 160 Å². The highest BCUT2D eigenvalue weighted by molar-refractivity contribution is 5.84. The summed E-state index contributed by atoms with van der Waals surface area (Å²) in [5.74, 6) is -0.395. The van der Waals surface area contributed by atoms with E-state index in [1.165, 1.54) is 7.11 Å². The maximum atomic E-state index is 13.3. The maximum Gasteiger partial charge on any atom is 0.328 e. The van der Waals surface area contributed by atoms with E-state index in [9.17, 15) is 9.59 Å². The maximum absolute atomic E-state index is 13.3. The molecule has 8 heteroatoms. The first kappa shape index (κ1) is 19.7. The summed E-state index contributed by atoms with van der Waals surface area (Å²) in [5, 5.41) is 2.95. The van der Waals surface area contributed by atoms with Crippen molar-refractivity contribution < 1.29 is 14.3 Å². The van der Waals surface area contributed by atoms with Gasteiger partial charge in [0.05, 0.1) is 24.7 Å². The highest BCUT2D eigenvalue weighted by atomic mass is 16.5. The van der Waals surface area contributed by atoms with Crippen LogP contribution in [-0.2, 0) is 21.5 Å². The molecular formula is C19H31N5O3. The summed E-state index contributed by atoms with van der Waals surface area (Å²) in [6.07, 6.45) is 4.91. The topological polar surface area (TPSA) is 90.6 Å². The molecule has 3 rings (SSSR count). The summed E-state index contributed by atoms with van der Waals surface area (Å²) in [4.78, 5) is 37.5. The van der Waals surface area contributed by atoms with Gasteiger partial charge in [0, 0.05) is 31.7 Å². The number of esters is 1. The Morgan fingerprint density at radius 1 is 1.37 bits per heavy atom. The number of aromatic amines is 1. The van der Waals surface area contributed by atoms with E-state index < -0.39 is 17.6 Å². The number of carbonyl (C=O) groups is 2. The average molecular weight is 377 g/mol. The summed E-state index contributed by atoms with van der Waals surface area (Å²) in [7, 11) is 3.46. The van der Waals surface area contributed by atoms with Crippen LogP contribution in [0.1, 0.15) is 44.5 Å². The van der Waals surface area contributed by atoms with Gasteiger partial charge in [0.2, 0.25) is 0 Å². The van der Waals surface area contributed by atoms with Gasteiger partial charge in [0.15, 0.2) is 0 Å². The lowest BCUT2D eigenvalue weighted by atomic mass is 9.79. The third-order valence-electron chi connectivity index (χ3n) is 6.27. The summed E-state index contributed by atoms with van der Waals surface area (Å²) < 4.78 is 4.92. The first-order valence-corrected chi connectivity index (χ1v) is 9.80. The molecule has 1 aromatic rings. The fourth-order valence-electron chi connectivity index (χ4n) is 4.28. The molecule has 1 aromatic heterocycles. The highest BCUT2D eigenvalue weighted by Gasteiger charge is 2.49. The van der Waals surface area contributed by atoms with E-state index in [-0.39, 0.29) is 11.9 Å². The molecule has 1 saturated heterocycles. The fraction of sp³-hybridized carbons (Fsp3) is 0.737. The first-order chi connectivity index (χ1) is 12.9. The molecule has 8 nitrogen and oxygen atoms in total. The predicted molar refractivity (Wildman–Crippen MR) is 101 cm³/mol. The Balaban J connectivity index is 1.87. The van der Waals surface area contributed by atoms with Crippen molar-refractivity contribution in [3.05, 3.63) is 17.7 Å². The molecule has 1 spiro atoms. The molecule has 2 amide bonds. The van der Waals surface area contributed by atoms with Crippen molar-refractivity contribution in [3.63, 3.8) is 0 Å². The van der Waals surface area contributed by atoms with E-state index in [1.54, 1.807) is 6.33 Å². The fourth-order valence-corrected chi connectivity index (χ4v) is 4.28. The number of amides is 2. The number of aromatic nitrogens is 2. The molecule has 0 saturated carbocycles. The van der Waals surface area contributed by atoms with Crippen LogP contribution < -0.4 is 5.32 Å². The van der Waals surface area contributed by atoms with Crippen LogP contribution >= 0.6 is 0 Å². The number of imidazole rings is 1. The summed E-state index contributed by atoms with van der Waals surface area (Å²) in [6.45, 7) is 6.38. The number of urea groups is 1. The average Bonchev–Trinajstić information content (AvgIpc) is 3.17. The van der Waals surface area contributed by atoms with Crippen LogP contribution in [0.15, 0.2) is 6.33 Å². The Bertz CT molecular complexity index is 681. The number of hydrogen-bond donors (Lipinski definition) is 2. The van der Waals surface area contributed by atoms with Crippen molar-refractivity contribution in [1.29, 1.82) is 0 Å². The van der Waals surface area contributed by atoms with Gasteiger partial charge in [-0.25, -0.2) is 14.6 Å². The molecule has 0 radical (unpaired) electrons. The van der Waals surface area contributed by atoms with E-state index in [4.69, 9.17) is 4.74 Å². The van der Waals surface area contributed by atoms with Gasteiger partial charge in [0.25, 0.3) is 0 Å². The van der Waals surface area contributed by atoms with Crippen molar-refractivity contribution in [2.45, 2.75) is 51.1 Å². The molecule has 150 valence electrons. The van der Waals surface area contributed by atoms with Crippen molar-refractivity contribution in [2.24, 2.45) is 5.92 Å². The number of fused-ring (bicyclic) bond motifs is 2. The smallest absolute Gasteiger partial charge is 0.328 e. The van der Waals surface area contributed by atoms with E-state index >= 15 is 0 Å². The minimum atomic E-state index is -0.642. The Morgan fingerprint density at radius 2 is 2.07 bits per heavy atom. The van der Waals surface area contributed by atoms with Gasteiger partial charge >= 0.3 is 12.0 Å². The molecule has 2 aliphatic rings. The zero-order valence-electron chi connectivity index (χ0n) is 16.7. The van der Waals surface area contributed by atoms with Gasteiger partial charge in [-0.15, -0.1) is 0 Å². The largest absolute Gasteiger partial charge is 0.467 e. The Kier molecular flexibility index (Phi) is 5.74. The monoisotopic (exact) mass is 377 g/mol. The lowest BCUT2D eigenvalue weighted by Crippen LogP contribution is -2.62. The Morgan fingerprint density at radius 3 is 2.70 bits per heavy atom. The normalized spacial score (nSPS) is 21.4. The number of ether oxygens (including phenoxy) is 1. The standard InChI is InChI=1S/C19H31N5O3/c1-5-13(2)15(17(25)27-4)22-18(26)24-9-6-14-16(21-12-20-14)19(24)7-10-23(3)11-8-19/h12-13,15H,5-11H2,1-4H3,(H,20,21)(H,22,26)/t13-,15+/m0/s1. The molecule has 2 N–H and O–H groups in total. The number of piperidine rings is 1. The lowest BCUT2D eigenvalue weighted by molar-refractivity contribution is -0.144. The molecular weight excluding hydrogens is 346 g/mol. The van der Waals surface area contributed by atoms with Gasteiger partial charge in [-0.3, -0.25) is 0 Å². The van der Waals surface area contributed by atoms with E-state index in [0.717, 1.165) is 50.2 Å². The van der Waals surface area contributed by atoms with E-state index in [1.807, 2.05) is 18.7 Å². The van der Waals surface area contributed by atoms with Crippen LogP contribution in [0, 0.1) is 5.92 Å². The molecule has 2 aliphatic heterocycles. The summed E-state index contributed by atoms with van der Waals surface area (Å²) in [6, 6.07) is -0.847. The number of methoxy groups -OCH3 is 1. The summed E-state index contributed by atoms with van der Waals surface area (Å²) in [5.41, 5.74) is 1.69. The van der Waals surface area contributed by atoms with Crippen molar-refractivity contribution in [3.8, 4) is 0 Å². The molecule has 2 atom stereocenters. The van der Waals surface area contributed by atoms with Crippen LogP contribution in [-0.4, -0.2) is 71.6 Å². The van der Waals surface area contributed by atoms with E-state index in [0.29, 0.717) is 6.54 Å². The van der Waals surface area contributed by atoms with Gasteiger partial charge < -0.3 is 24.8 Å². The number of nitrogens with zero attached hydrogens (tertiary/aromatic N) is 3. The van der Waals surface area contributed by atoms with Crippen molar-refractivity contribution >= 4 is 12.0 Å². The number of likely N-dealkylation sites (tertiary alicyclic amines) is 1. The van der Waals surface area contributed by atoms with Crippen LogP contribution in [0.4, 0.5) is 4.79 Å². The van der Waals surface area contributed by atoms with Crippen molar-refractivity contribution in [2.75, 3.05) is 33.8 Å². The van der Waals surface area contributed by atoms with Crippen molar-refractivity contribution in [1.82, 2.24) is 25.1 Å². The molecule has 0 aromatic carbocycles. The second-order valence-corrected chi connectivity index (χ2v) is 7.80. The number of rotatable bonds is 4. The number of nitrogens with one attached hydrogen (secondary N) is 2. The third-order valence-corrected chi connectivity index (χ3v) is 6.27. The van der Waals surface area contributed by atoms with Gasteiger partial charge in [-0.1, -0.05) is 20.3 Å². The molecule has 1 fully saturated rings. The van der Waals surface area contributed by atoms with Gasteiger partial charge in [-0.05, 0) is 25.8 Å². The minimum Gasteiger partial charge on any atom is -0.467 e. The van der Waals surface area contributed by atoms with Crippen LogP contribution in [0.25, 0.3) is 0 Å². The Hall–Kier alpha value is -2.09. The SMILES string of the molecule is CC[C@H](C)[C@@H](NC(=O)N1CCc2[nH]cnc2C12CCN(C)CC2)C(=O)OC. The third kappa shape index (κ3) is 3.54. The van der Waals surface area contributed by atoms with Crippen LogP contribution in [0.2, 0.25) is 0 Å². The van der Waals surface area contributed by atoms with Gasteiger partial charge in [0.1, 0.15) is 6.04 Å². The number of carbonyl (C=O) groups excluding carboxylic acids is 2. The van der Waals surface area contributed by atoms with Crippen LogP contribution in [0.3, 0.4) is 0 Å². The minimum absolute atomic E-state index is 0.000532. The van der Waals surface area contributed by atoms with E-state index in [2.05, 4.69) is 27.2 Å². The molecule has 0 unspecified atom stereocenters. The highest BCUT2D eigenvalue weighted by Crippen LogP contribution is 2.42.